The molecule has 0 bridgehead atoms. The van der Waals surface area contributed by atoms with Gasteiger partial charge in [-0.3, -0.25) is 4.68 Å². The monoisotopic (exact) mass is 472 g/mol. The Hall–Kier alpha value is -2.79. The summed E-state index contributed by atoms with van der Waals surface area (Å²) >= 11 is 0. The summed E-state index contributed by atoms with van der Waals surface area (Å²) in [7, 11) is -2.29. The van der Waals surface area contributed by atoms with E-state index in [9.17, 15) is 13.5 Å². The molecule has 0 spiro atoms. The first-order chi connectivity index (χ1) is 16.0. The van der Waals surface area contributed by atoms with Crippen LogP contribution in [0.4, 0.5) is 0 Å². The molecular formula is C23H28N4O5S. The third-order valence-corrected chi connectivity index (χ3v) is 7.23. The number of benzene rings is 2. The molecule has 10 heteroatoms. The van der Waals surface area contributed by atoms with Crippen LogP contribution in [-0.2, 0) is 21.3 Å². The summed E-state index contributed by atoms with van der Waals surface area (Å²) < 4.78 is 41.2. The van der Waals surface area contributed by atoms with Crippen LogP contribution >= 0.6 is 0 Å². The lowest BCUT2D eigenvalue weighted by molar-refractivity contribution is -0.0891. The fraction of sp³-hybridized carbons (Fsp3) is 0.391. The van der Waals surface area contributed by atoms with Gasteiger partial charge in [-0.25, -0.2) is 13.1 Å². The van der Waals surface area contributed by atoms with Crippen LogP contribution in [-0.4, -0.2) is 60.5 Å². The summed E-state index contributed by atoms with van der Waals surface area (Å²) in [4.78, 5) is 0.112. The fourth-order valence-electron chi connectivity index (χ4n) is 3.94. The molecule has 0 unspecified atom stereocenters. The van der Waals surface area contributed by atoms with Crippen molar-refractivity contribution in [3.8, 4) is 17.0 Å². The second-order valence-electron chi connectivity index (χ2n) is 7.98. The largest absolute Gasteiger partial charge is 0.497 e. The number of sulfonamides is 1. The lowest BCUT2D eigenvalue weighted by Crippen LogP contribution is -2.50. The molecule has 176 valence electrons. The minimum Gasteiger partial charge on any atom is -0.497 e. The molecule has 0 radical (unpaired) electrons. The normalized spacial score (nSPS) is 21.1. The lowest BCUT2D eigenvalue weighted by atomic mass is 9.98. The van der Waals surface area contributed by atoms with E-state index in [1.807, 2.05) is 36.5 Å². The van der Waals surface area contributed by atoms with E-state index in [1.54, 1.807) is 16.8 Å². The van der Waals surface area contributed by atoms with E-state index in [0.717, 1.165) is 11.3 Å². The highest BCUT2D eigenvalue weighted by Gasteiger charge is 2.34. The van der Waals surface area contributed by atoms with Crippen molar-refractivity contribution in [3.63, 3.8) is 0 Å². The molecule has 9 nitrogen and oxygen atoms in total. The van der Waals surface area contributed by atoms with Crippen molar-refractivity contribution < 1.29 is 23.0 Å². The third-order valence-electron chi connectivity index (χ3n) is 5.74. The quantitative estimate of drug-likeness (QED) is 0.491. The topological polar surface area (TPSA) is 116 Å². The maximum atomic E-state index is 12.8. The van der Waals surface area contributed by atoms with Crippen molar-refractivity contribution in [3.05, 3.63) is 60.8 Å². The molecule has 1 aromatic heterocycles. The van der Waals surface area contributed by atoms with Crippen LogP contribution in [0.25, 0.3) is 11.3 Å². The van der Waals surface area contributed by atoms with E-state index in [1.165, 1.54) is 19.2 Å². The second-order valence-corrected chi connectivity index (χ2v) is 9.70. The highest BCUT2D eigenvalue weighted by Crippen LogP contribution is 2.25. The van der Waals surface area contributed by atoms with Gasteiger partial charge in [0.25, 0.3) is 0 Å². The van der Waals surface area contributed by atoms with Gasteiger partial charge in [0.2, 0.25) is 10.0 Å². The van der Waals surface area contributed by atoms with E-state index < -0.39 is 22.2 Å². The Morgan fingerprint density at radius 1 is 1.18 bits per heavy atom. The molecular weight excluding hydrogens is 444 g/mol. The first-order valence-electron chi connectivity index (χ1n) is 10.9. The van der Waals surface area contributed by atoms with Gasteiger partial charge in [-0.15, -0.1) is 5.10 Å². The lowest BCUT2D eigenvalue weighted by Gasteiger charge is -2.36. The summed E-state index contributed by atoms with van der Waals surface area (Å²) in [6, 6.07) is 15.6. The number of nitrogens with zero attached hydrogens (tertiary/aromatic N) is 3. The zero-order valence-corrected chi connectivity index (χ0v) is 19.2. The Morgan fingerprint density at radius 3 is 2.76 bits per heavy atom. The molecule has 1 aliphatic heterocycles. The van der Waals surface area contributed by atoms with Crippen LogP contribution in [0.2, 0.25) is 0 Å². The third kappa shape index (κ3) is 5.77. The van der Waals surface area contributed by atoms with E-state index in [4.69, 9.17) is 9.47 Å². The average molecular weight is 473 g/mol. The van der Waals surface area contributed by atoms with Crippen molar-refractivity contribution in [2.45, 2.75) is 49.0 Å². The predicted molar refractivity (Wildman–Crippen MR) is 122 cm³/mol. The van der Waals surface area contributed by atoms with Crippen LogP contribution in [0.15, 0.2) is 65.7 Å². The van der Waals surface area contributed by atoms with Crippen molar-refractivity contribution >= 4 is 10.0 Å². The fourth-order valence-corrected chi connectivity index (χ4v) is 5.27. The Morgan fingerprint density at radius 2 is 2.00 bits per heavy atom. The maximum absolute atomic E-state index is 12.8. The first-order valence-corrected chi connectivity index (χ1v) is 12.3. The first kappa shape index (κ1) is 23.4. The minimum absolute atomic E-state index is 0.107. The molecule has 0 amide bonds. The maximum Gasteiger partial charge on any atom is 0.241 e. The molecule has 2 aromatic carbocycles. The Kier molecular flexibility index (Phi) is 7.39. The Bertz CT molecular complexity index is 1150. The predicted octanol–water partition coefficient (Wildman–Crippen LogP) is 2.23. The van der Waals surface area contributed by atoms with Crippen LogP contribution in [0.1, 0.15) is 19.3 Å². The molecule has 1 saturated heterocycles. The van der Waals surface area contributed by atoms with Gasteiger partial charge < -0.3 is 14.6 Å². The summed E-state index contributed by atoms with van der Waals surface area (Å²) in [6.45, 7) is 0.339. The smallest absolute Gasteiger partial charge is 0.241 e. The van der Waals surface area contributed by atoms with Crippen molar-refractivity contribution in [1.82, 2.24) is 19.7 Å². The summed E-state index contributed by atoms with van der Waals surface area (Å²) in [5.41, 5.74) is 1.81. The number of aliphatic hydroxyl groups is 1. The standard InChI is InChI=1S/C23H28N4O5S/c1-31-19-8-5-9-20(14-19)33(29,30)25-21-11-10-18(32-23(21)16-28)12-13-27-15-22(24-26-27)17-6-3-2-4-7-17/h2-9,14-15,18,21,23,25,28H,10-13,16H2,1H3/t18-,21-,23-/m1/s1. The molecule has 2 heterocycles. The zero-order valence-electron chi connectivity index (χ0n) is 18.4. The van der Waals surface area contributed by atoms with E-state index in [-0.39, 0.29) is 17.6 Å². The average Bonchev–Trinajstić information content (AvgIpc) is 3.33. The molecule has 0 saturated carbocycles. The number of aliphatic hydroxyl groups excluding tert-OH is 1. The number of methoxy groups -OCH3 is 1. The van der Waals surface area contributed by atoms with Gasteiger partial charge in [0.15, 0.2) is 0 Å². The number of aryl methyl sites for hydroxylation is 1. The Balaban J connectivity index is 1.33. The van der Waals surface area contributed by atoms with Gasteiger partial charge >= 0.3 is 0 Å². The highest BCUT2D eigenvalue weighted by atomic mass is 32.2. The van der Waals surface area contributed by atoms with Crippen LogP contribution in [0.3, 0.4) is 0 Å². The number of hydrogen-bond acceptors (Lipinski definition) is 7. The molecule has 33 heavy (non-hydrogen) atoms. The van der Waals surface area contributed by atoms with Gasteiger partial charge in [-0.2, -0.15) is 0 Å². The van der Waals surface area contributed by atoms with Crippen LogP contribution < -0.4 is 9.46 Å². The van der Waals surface area contributed by atoms with Gasteiger partial charge in [0, 0.05) is 18.2 Å². The Labute approximate surface area is 193 Å². The molecule has 2 N–H and O–H groups in total. The van der Waals surface area contributed by atoms with Gasteiger partial charge in [-0.05, 0) is 31.4 Å². The molecule has 4 rings (SSSR count). The van der Waals surface area contributed by atoms with Crippen molar-refractivity contribution in [1.29, 1.82) is 0 Å². The van der Waals surface area contributed by atoms with Crippen molar-refractivity contribution in [2.75, 3.05) is 13.7 Å². The molecule has 3 atom stereocenters. The summed E-state index contributed by atoms with van der Waals surface area (Å²) in [5, 5.41) is 18.2. The SMILES string of the molecule is COc1cccc(S(=O)(=O)N[C@@H]2CC[C@H](CCn3cc(-c4ccccc4)nn3)O[C@@H]2CO)c1. The molecule has 0 aliphatic carbocycles. The number of ether oxygens (including phenoxy) is 2. The van der Waals surface area contributed by atoms with E-state index in [2.05, 4.69) is 15.0 Å². The van der Waals surface area contributed by atoms with E-state index in [0.29, 0.717) is 31.6 Å². The van der Waals surface area contributed by atoms with Crippen LogP contribution in [0.5, 0.6) is 5.75 Å². The second kappa shape index (κ2) is 10.4. The minimum atomic E-state index is -3.78. The zero-order chi connectivity index (χ0) is 23.3. The number of rotatable bonds is 9. The number of hydrogen-bond donors (Lipinski definition) is 2. The van der Waals surface area contributed by atoms with Crippen LogP contribution in [0, 0.1) is 0 Å². The molecule has 1 aliphatic rings. The van der Waals surface area contributed by atoms with Gasteiger partial charge in [0.05, 0.1) is 43.1 Å². The van der Waals surface area contributed by atoms with Gasteiger partial charge in [0.1, 0.15) is 11.4 Å². The van der Waals surface area contributed by atoms with Gasteiger partial charge in [-0.1, -0.05) is 41.6 Å². The summed E-state index contributed by atoms with van der Waals surface area (Å²) in [6.07, 6.45) is 3.08. The van der Waals surface area contributed by atoms with Crippen molar-refractivity contribution in [2.24, 2.45) is 0 Å². The number of aromatic nitrogens is 3. The molecule has 3 aromatic rings. The van der Waals surface area contributed by atoms with E-state index >= 15 is 0 Å². The highest BCUT2D eigenvalue weighted by molar-refractivity contribution is 7.89. The summed E-state index contributed by atoms with van der Waals surface area (Å²) in [5.74, 6) is 0.458. The molecule has 1 fully saturated rings. The number of nitrogens with one attached hydrogen (secondary N) is 1.